The molecule has 2 rings (SSSR count). The highest BCUT2D eigenvalue weighted by molar-refractivity contribution is 6.36. The standard InChI is InChI=1S/C12H10ClN3O2/c13-11-8(3-1-4-9(11)14)12(17)18-7-10-15-5-2-6-16-10/h1-6H,7,14H2. The van der Waals surface area contributed by atoms with Gasteiger partial charge < -0.3 is 10.5 Å². The van der Waals surface area contributed by atoms with Crippen LogP contribution in [0.4, 0.5) is 5.69 Å². The van der Waals surface area contributed by atoms with Crippen LogP contribution in [-0.4, -0.2) is 15.9 Å². The maximum Gasteiger partial charge on any atom is 0.340 e. The zero-order valence-corrected chi connectivity index (χ0v) is 10.1. The Kier molecular flexibility index (Phi) is 3.74. The van der Waals surface area contributed by atoms with Crippen molar-refractivity contribution in [1.82, 2.24) is 9.97 Å². The molecule has 0 fully saturated rings. The van der Waals surface area contributed by atoms with Gasteiger partial charge in [-0.15, -0.1) is 0 Å². The van der Waals surface area contributed by atoms with Crippen LogP contribution < -0.4 is 5.73 Å². The third-order valence-corrected chi connectivity index (χ3v) is 2.62. The van der Waals surface area contributed by atoms with Crippen LogP contribution in [0.15, 0.2) is 36.7 Å². The third-order valence-electron chi connectivity index (χ3n) is 2.20. The van der Waals surface area contributed by atoms with Gasteiger partial charge in [0.05, 0.1) is 16.3 Å². The minimum absolute atomic E-state index is 0.00913. The minimum Gasteiger partial charge on any atom is -0.454 e. The first kappa shape index (κ1) is 12.3. The maximum absolute atomic E-state index is 11.8. The number of anilines is 1. The van der Waals surface area contributed by atoms with Crippen LogP contribution >= 0.6 is 11.6 Å². The molecule has 2 N–H and O–H groups in total. The summed E-state index contributed by atoms with van der Waals surface area (Å²) in [6.07, 6.45) is 3.15. The van der Waals surface area contributed by atoms with Crippen molar-refractivity contribution in [1.29, 1.82) is 0 Å². The van der Waals surface area contributed by atoms with Crippen LogP contribution in [0.5, 0.6) is 0 Å². The Labute approximate surface area is 109 Å². The Morgan fingerprint density at radius 2 is 2.00 bits per heavy atom. The number of aromatic nitrogens is 2. The SMILES string of the molecule is Nc1cccc(C(=O)OCc2ncccn2)c1Cl. The van der Waals surface area contributed by atoms with E-state index in [2.05, 4.69) is 9.97 Å². The van der Waals surface area contributed by atoms with Gasteiger partial charge in [0.1, 0.15) is 0 Å². The topological polar surface area (TPSA) is 78.1 Å². The molecule has 0 atom stereocenters. The Balaban J connectivity index is 2.07. The first-order valence-corrected chi connectivity index (χ1v) is 5.53. The Hall–Kier alpha value is -2.14. The zero-order chi connectivity index (χ0) is 13.0. The van der Waals surface area contributed by atoms with Gasteiger partial charge in [-0.25, -0.2) is 14.8 Å². The Morgan fingerprint density at radius 3 is 2.72 bits per heavy atom. The van der Waals surface area contributed by atoms with Crippen LogP contribution in [0.1, 0.15) is 16.2 Å². The molecular weight excluding hydrogens is 254 g/mol. The average Bonchev–Trinajstić information content (AvgIpc) is 2.40. The average molecular weight is 264 g/mol. The molecule has 0 saturated carbocycles. The number of benzene rings is 1. The molecule has 5 nitrogen and oxygen atoms in total. The number of halogens is 1. The van der Waals surface area contributed by atoms with E-state index < -0.39 is 5.97 Å². The lowest BCUT2D eigenvalue weighted by molar-refractivity contribution is 0.0462. The summed E-state index contributed by atoms with van der Waals surface area (Å²) in [7, 11) is 0. The molecule has 1 aromatic heterocycles. The summed E-state index contributed by atoms with van der Waals surface area (Å²) in [4.78, 5) is 19.6. The predicted octanol–water partition coefficient (Wildman–Crippen LogP) is 2.07. The first-order chi connectivity index (χ1) is 8.68. The summed E-state index contributed by atoms with van der Waals surface area (Å²) < 4.78 is 5.05. The lowest BCUT2D eigenvalue weighted by Gasteiger charge is -2.06. The molecule has 0 radical (unpaired) electrons. The van der Waals surface area contributed by atoms with Crippen molar-refractivity contribution in [3.05, 3.63) is 53.1 Å². The second-order valence-corrected chi connectivity index (χ2v) is 3.83. The maximum atomic E-state index is 11.8. The Morgan fingerprint density at radius 1 is 1.28 bits per heavy atom. The van der Waals surface area contributed by atoms with E-state index in [1.807, 2.05) is 0 Å². The molecule has 0 spiro atoms. The smallest absolute Gasteiger partial charge is 0.340 e. The molecule has 1 heterocycles. The van der Waals surface area contributed by atoms with Crippen molar-refractivity contribution in [2.75, 3.05) is 5.73 Å². The zero-order valence-electron chi connectivity index (χ0n) is 9.34. The van der Waals surface area contributed by atoms with Gasteiger partial charge in [-0.3, -0.25) is 0 Å². The molecule has 18 heavy (non-hydrogen) atoms. The van der Waals surface area contributed by atoms with Crippen molar-refractivity contribution >= 4 is 23.3 Å². The fraction of sp³-hybridized carbons (Fsp3) is 0.0833. The van der Waals surface area contributed by atoms with E-state index in [1.54, 1.807) is 36.7 Å². The summed E-state index contributed by atoms with van der Waals surface area (Å²) >= 11 is 5.91. The number of carbonyl (C=O) groups is 1. The molecule has 0 aliphatic rings. The lowest BCUT2D eigenvalue weighted by Crippen LogP contribution is -2.08. The van der Waals surface area contributed by atoms with Crippen LogP contribution in [0, 0.1) is 0 Å². The molecule has 92 valence electrons. The number of nitrogen functional groups attached to an aromatic ring is 1. The number of ether oxygens (including phenoxy) is 1. The molecule has 0 aliphatic heterocycles. The molecule has 0 aliphatic carbocycles. The predicted molar refractivity (Wildman–Crippen MR) is 67.0 cm³/mol. The number of nitrogens with two attached hydrogens (primary N) is 1. The van der Waals surface area contributed by atoms with Crippen molar-refractivity contribution < 1.29 is 9.53 Å². The molecule has 0 amide bonds. The molecule has 6 heteroatoms. The number of esters is 1. The highest BCUT2D eigenvalue weighted by atomic mass is 35.5. The number of rotatable bonds is 3. The minimum atomic E-state index is -0.556. The van der Waals surface area contributed by atoms with Crippen molar-refractivity contribution in [2.24, 2.45) is 0 Å². The molecule has 1 aromatic carbocycles. The molecule has 0 unspecified atom stereocenters. The van der Waals surface area contributed by atoms with E-state index in [0.29, 0.717) is 11.5 Å². The van der Waals surface area contributed by atoms with Crippen LogP contribution in [0.2, 0.25) is 5.02 Å². The van der Waals surface area contributed by atoms with E-state index in [4.69, 9.17) is 22.1 Å². The third kappa shape index (κ3) is 2.75. The monoisotopic (exact) mass is 263 g/mol. The summed E-state index contributed by atoms with van der Waals surface area (Å²) in [6.45, 7) is -0.00913. The highest BCUT2D eigenvalue weighted by Crippen LogP contribution is 2.23. The van der Waals surface area contributed by atoms with Crippen LogP contribution in [-0.2, 0) is 11.3 Å². The summed E-state index contributed by atoms with van der Waals surface area (Å²) in [5.41, 5.74) is 6.17. The van der Waals surface area contributed by atoms with Crippen LogP contribution in [0.3, 0.4) is 0 Å². The van der Waals surface area contributed by atoms with Gasteiger partial charge in [-0.2, -0.15) is 0 Å². The van der Waals surface area contributed by atoms with E-state index >= 15 is 0 Å². The van der Waals surface area contributed by atoms with E-state index in [-0.39, 0.29) is 17.2 Å². The highest BCUT2D eigenvalue weighted by Gasteiger charge is 2.13. The van der Waals surface area contributed by atoms with Gasteiger partial charge in [0.2, 0.25) is 0 Å². The van der Waals surface area contributed by atoms with E-state index in [9.17, 15) is 4.79 Å². The fourth-order valence-corrected chi connectivity index (χ4v) is 1.52. The van der Waals surface area contributed by atoms with Gasteiger partial charge in [-0.05, 0) is 18.2 Å². The summed E-state index contributed by atoms with van der Waals surface area (Å²) in [5.74, 6) is -0.134. The lowest BCUT2D eigenvalue weighted by atomic mass is 10.2. The molecule has 0 saturated heterocycles. The van der Waals surface area contributed by atoms with Crippen molar-refractivity contribution in [3.63, 3.8) is 0 Å². The van der Waals surface area contributed by atoms with Gasteiger partial charge in [0, 0.05) is 12.4 Å². The van der Waals surface area contributed by atoms with E-state index in [1.165, 1.54) is 0 Å². The molecular formula is C12H10ClN3O2. The second-order valence-electron chi connectivity index (χ2n) is 3.45. The molecule has 0 bridgehead atoms. The molecule has 2 aromatic rings. The normalized spacial score (nSPS) is 10.1. The quantitative estimate of drug-likeness (QED) is 0.677. The fourth-order valence-electron chi connectivity index (χ4n) is 1.32. The summed E-state index contributed by atoms with van der Waals surface area (Å²) in [6, 6.07) is 6.48. The summed E-state index contributed by atoms with van der Waals surface area (Å²) in [5, 5.41) is 0.191. The second kappa shape index (κ2) is 5.46. The number of carbonyl (C=O) groups excluding carboxylic acids is 1. The van der Waals surface area contributed by atoms with Crippen molar-refractivity contribution in [2.45, 2.75) is 6.61 Å². The van der Waals surface area contributed by atoms with Gasteiger partial charge in [0.25, 0.3) is 0 Å². The van der Waals surface area contributed by atoms with Gasteiger partial charge in [-0.1, -0.05) is 17.7 Å². The van der Waals surface area contributed by atoms with Crippen molar-refractivity contribution in [3.8, 4) is 0 Å². The van der Waals surface area contributed by atoms with Crippen LogP contribution in [0.25, 0.3) is 0 Å². The van der Waals surface area contributed by atoms with Gasteiger partial charge in [0.15, 0.2) is 12.4 Å². The van der Waals surface area contributed by atoms with Gasteiger partial charge >= 0.3 is 5.97 Å². The van der Waals surface area contributed by atoms with E-state index in [0.717, 1.165) is 0 Å². The first-order valence-electron chi connectivity index (χ1n) is 5.15. The Bertz CT molecular complexity index is 561. The largest absolute Gasteiger partial charge is 0.454 e. The number of nitrogens with zero attached hydrogens (tertiary/aromatic N) is 2. The number of hydrogen-bond donors (Lipinski definition) is 1. The number of hydrogen-bond acceptors (Lipinski definition) is 5.